The van der Waals surface area contributed by atoms with Gasteiger partial charge in [-0.05, 0) is 70.4 Å². The monoisotopic (exact) mass is 722 g/mol. The Balaban J connectivity index is 1.44. The van der Waals surface area contributed by atoms with Crippen molar-refractivity contribution in [3.63, 3.8) is 0 Å². The van der Waals surface area contributed by atoms with Crippen LogP contribution in [-0.2, 0) is 22.6 Å². The van der Waals surface area contributed by atoms with Gasteiger partial charge in [0, 0.05) is 17.0 Å². The molecule has 46 heavy (non-hydrogen) atoms. The molecule has 0 saturated carbocycles. The number of nitriles is 1. The fraction of sp³-hybridized carbons (Fsp3) is 0.176. The highest BCUT2D eigenvalue weighted by molar-refractivity contribution is 9.10. The minimum Gasteiger partial charge on any atom is -0.493 e. The number of rotatable bonds is 13. The Kier molecular flexibility index (Phi) is 12.4. The maximum absolute atomic E-state index is 13.3. The number of hydrogen-bond donors (Lipinski definition) is 2. The molecule has 12 heteroatoms. The Labute approximate surface area is 285 Å². The Morgan fingerprint density at radius 2 is 1.74 bits per heavy atom. The van der Waals surface area contributed by atoms with E-state index in [1.165, 1.54) is 19.4 Å². The molecular weight excluding hydrogens is 695 g/mol. The first kappa shape index (κ1) is 34.3. The number of benzene rings is 4. The molecule has 0 radical (unpaired) electrons. The lowest BCUT2D eigenvalue weighted by atomic mass is 10.1. The summed E-state index contributed by atoms with van der Waals surface area (Å²) in [5, 5.41) is 16.9. The van der Waals surface area contributed by atoms with E-state index >= 15 is 0 Å². The summed E-state index contributed by atoms with van der Waals surface area (Å²) < 4.78 is 17.8. The maximum atomic E-state index is 13.3. The van der Waals surface area contributed by atoms with Gasteiger partial charge >= 0.3 is 0 Å². The van der Waals surface area contributed by atoms with Gasteiger partial charge in [-0.2, -0.15) is 10.4 Å². The summed E-state index contributed by atoms with van der Waals surface area (Å²) in [7, 11) is 1.50. The SMILES string of the molecule is COc1cc(/C=N\NC(=O)[C@H](Cc2ccccc2)NC(=O)[C@H](C)Oc2ccc(Cl)cc2Cl)cc(Br)c1OCc1ccccc1C#N. The minimum atomic E-state index is -0.966. The van der Waals surface area contributed by atoms with Gasteiger partial charge < -0.3 is 19.5 Å². The molecule has 0 aliphatic rings. The quantitative estimate of drug-likeness (QED) is 0.115. The number of carbonyl (C=O) groups excluding carboxylic acids is 2. The molecule has 4 aromatic carbocycles. The van der Waals surface area contributed by atoms with Crippen molar-refractivity contribution in [2.24, 2.45) is 5.10 Å². The number of halogens is 3. The van der Waals surface area contributed by atoms with E-state index in [0.717, 1.165) is 11.1 Å². The first-order valence-corrected chi connectivity index (χ1v) is 15.5. The highest BCUT2D eigenvalue weighted by Crippen LogP contribution is 2.37. The molecule has 4 rings (SSSR count). The van der Waals surface area contributed by atoms with E-state index in [-0.39, 0.29) is 23.8 Å². The van der Waals surface area contributed by atoms with Crippen LogP contribution >= 0.6 is 39.1 Å². The molecule has 2 N–H and O–H groups in total. The molecule has 0 heterocycles. The van der Waals surface area contributed by atoms with Gasteiger partial charge in [0.05, 0.1) is 34.5 Å². The van der Waals surface area contributed by atoms with Crippen molar-refractivity contribution in [1.29, 1.82) is 5.26 Å². The number of ether oxygens (including phenoxy) is 3. The number of hydrogen-bond acceptors (Lipinski definition) is 7. The van der Waals surface area contributed by atoms with Crippen LogP contribution < -0.4 is 25.0 Å². The van der Waals surface area contributed by atoms with E-state index in [0.29, 0.717) is 32.1 Å². The van der Waals surface area contributed by atoms with Crippen molar-refractivity contribution < 1.29 is 23.8 Å². The largest absolute Gasteiger partial charge is 0.493 e. The van der Waals surface area contributed by atoms with Crippen molar-refractivity contribution in [3.8, 4) is 23.3 Å². The first-order valence-electron chi connectivity index (χ1n) is 14.0. The van der Waals surface area contributed by atoms with Crippen LogP contribution in [-0.4, -0.2) is 37.3 Å². The number of methoxy groups -OCH3 is 1. The molecule has 0 spiro atoms. The van der Waals surface area contributed by atoms with Gasteiger partial charge in [-0.3, -0.25) is 9.59 Å². The molecule has 0 aliphatic heterocycles. The van der Waals surface area contributed by atoms with Crippen LogP contribution in [0.15, 0.2) is 94.5 Å². The minimum absolute atomic E-state index is 0.160. The van der Waals surface area contributed by atoms with Crippen LogP contribution in [0.1, 0.15) is 29.2 Å². The molecule has 2 amide bonds. The molecule has 4 aromatic rings. The zero-order chi connectivity index (χ0) is 33.1. The summed E-state index contributed by atoms with van der Waals surface area (Å²) in [5.74, 6) is 0.0892. The Morgan fingerprint density at radius 1 is 1.00 bits per heavy atom. The van der Waals surface area contributed by atoms with Gasteiger partial charge in [0.15, 0.2) is 17.6 Å². The summed E-state index contributed by atoms with van der Waals surface area (Å²) in [6.45, 7) is 1.71. The van der Waals surface area contributed by atoms with Gasteiger partial charge in [0.1, 0.15) is 18.4 Å². The van der Waals surface area contributed by atoms with E-state index in [9.17, 15) is 14.9 Å². The Morgan fingerprint density at radius 3 is 2.46 bits per heavy atom. The van der Waals surface area contributed by atoms with Gasteiger partial charge in [-0.25, -0.2) is 5.43 Å². The van der Waals surface area contributed by atoms with Crippen LogP contribution in [0.5, 0.6) is 17.2 Å². The normalized spacial score (nSPS) is 12.1. The van der Waals surface area contributed by atoms with Gasteiger partial charge in [-0.15, -0.1) is 0 Å². The number of amides is 2. The van der Waals surface area contributed by atoms with Crippen LogP contribution in [0.2, 0.25) is 10.0 Å². The third-order valence-corrected chi connectivity index (χ3v) is 7.75. The van der Waals surface area contributed by atoms with E-state index in [2.05, 4.69) is 37.8 Å². The second-order valence-corrected chi connectivity index (χ2v) is 11.6. The van der Waals surface area contributed by atoms with Crippen LogP contribution in [0, 0.1) is 11.3 Å². The lowest BCUT2D eigenvalue weighted by Crippen LogP contribution is -2.50. The summed E-state index contributed by atoms with van der Waals surface area (Å²) in [5.41, 5.74) is 5.20. The highest BCUT2D eigenvalue weighted by atomic mass is 79.9. The van der Waals surface area contributed by atoms with E-state index in [1.807, 2.05) is 42.5 Å². The Bertz CT molecular complexity index is 1760. The van der Waals surface area contributed by atoms with Crippen LogP contribution in [0.4, 0.5) is 0 Å². The number of carbonyl (C=O) groups is 2. The van der Waals surface area contributed by atoms with Gasteiger partial charge in [0.25, 0.3) is 11.8 Å². The fourth-order valence-electron chi connectivity index (χ4n) is 4.27. The average molecular weight is 724 g/mol. The predicted molar refractivity (Wildman–Crippen MR) is 181 cm³/mol. The van der Waals surface area contributed by atoms with Crippen LogP contribution in [0.25, 0.3) is 0 Å². The van der Waals surface area contributed by atoms with Gasteiger partial charge in [0.2, 0.25) is 0 Å². The van der Waals surface area contributed by atoms with Crippen molar-refractivity contribution in [3.05, 3.63) is 122 Å². The summed E-state index contributed by atoms with van der Waals surface area (Å²) in [6, 6.07) is 25.7. The van der Waals surface area contributed by atoms with Gasteiger partial charge in [-0.1, -0.05) is 71.7 Å². The summed E-state index contributed by atoms with van der Waals surface area (Å²) in [4.78, 5) is 26.3. The van der Waals surface area contributed by atoms with E-state index < -0.39 is 24.0 Å². The second kappa shape index (κ2) is 16.7. The third kappa shape index (κ3) is 9.47. The standard InChI is InChI=1S/C34H29BrCl2N4O5/c1-21(46-30-13-12-26(36)17-28(30)37)33(42)40-29(15-22-8-4-3-5-9-22)34(43)41-39-19-23-14-27(35)32(31(16-23)44-2)45-20-25-11-7-6-10-24(25)18-38/h3-14,16-17,19,21,29H,15,20H2,1-2H3,(H,40,42)(H,41,43)/b39-19-/t21-,29-/m0/s1. The average Bonchev–Trinajstić information content (AvgIpc) is 3.05. The smallest absolute Gasteiger partial charge is 0.262 e. The summed E-state index contributed by atoms with van der Waals surface area (Å²) in [6.07, 6.45) is 0.686. The van der Waals surface area contributed by atoms with Crippen molar-refractivity contribution >= 4 is 57.2 Å². The molecular formula is C34H29BrCl2N4O5. The number of hydrazone groups is 1. The van der Waals surface area contributed by atoms with Crippen molar-refractivity contribution in [2.75, 3.05) is 7.11 Å². The molecule has 0 fully saturated rings. The van der Waals surface area contributed by atoms with Crippen molar-refractivity contribution in [2.45, 2.75) is 32.1 Å². The van der Waals surface area contributed by atoms with Crippen molar-refractivity contribution in [1.82, 2.24) is 10.7 Å². The fourth-order valence-corrected chi connectivity index (χ4v) is 5.30. The molecule has 9 nitrogen and oxygen atoms in total. The molecule has 2 atom stereocenters. The first-order chi connectivity index (χ1) is 22.2. The molecule has 0 aromatic heterocycles. The Hall–Kier alpha value is -4.56. The maximum Gasteiger partial charge on any atom is 0.262 e. The second-order valence-electron chi connectivity index (χ2n) is 9.91. The zero-order valence-electron chi connectivity index (χ0n) is 24.8. The van der Waals surface area contributed by atoms with E-state index in [4.69, 9.17) is 37.4 Å². The lowest BCUT2D eigenvalue weighted by molar-refractivity contribution is -0.132. The molecule has 0 saturated heterocycles. The highest BCUT2D eigenvalue weighted by Gasteiger charge is 2.25. The molecule has 0 bridgehead atoms. The topological polar surface area (TPSA) is 122 Å². The molecule has 236 valence electrons. The van der Waals surface area contributed by atoms with Crippen LogP contribution in [0.3, 0.4) is 0 Å². The predicted octanol–water partition coefficient (Wildman–Crippen LogP) is 6.86. The zero-order valence-corrected chi connectivity index (χ0v) is 27.9. The lowest BCUT2D eigenvalue weighted by Gasteiger charge is -2.21. The summed E-state index contributed by atoms with van der Waals surface area (Å²) >= 11 is 15.6. The third-order valence-electron chi connectivity index (χ3n) is 6.63. The van der Waals surface area contributed by atoms with E-state index in [1.54, 1.807) is 43.3 Å². The molecule has 0 aliphatic carbocycles. The number of nitrogens with one attached hydrogen (secondary N) is 2. The number of nitrogens with zero attached hydrogens (tertiary/aromatic N) is 2. The molecule has 0 unspecified atom stereocenters.